The number of anilines is 1. The number of para-hydroxylation sites is 1. The van der Waals surface area contributed by atoms with Crippen LogP contribution in [0.1, 0.15) is 10.4 Å². The summed E-state index contributed by atoms with van der Waals surface area (Å²) in [5.41, 5.74) is 2.93. The minimum Gasteiger partial charge on any atom is -0.332 e. The highest BCUT2D eigenvalue weighted by Crippen LogP contribution is 2.25. The van der Waals surface area contributed by atoms with Crippen LogP contribution in [0.3, 0.4) is 0 Å². The Morgan fingerprint density at radius 2 is 1.77 bits per heavy atom. The van der Waals surface area contributed by atoms with Crippen molar-refractivity contribution in [2.24, 2.45) is 0 Å². The van der Waals surface area contributed by atoms with E-state index in [4.69, 9.17) is 0 Å². The summed E-state index contributed by atoms with van der Waals surface area (Å²) in [5, 5.41) is 3.30. The maximum absolute atomic E-state index is 13.3. The number of hydrogen-bond donors (Lipinski definition) is 1. The van der Waals surface area contributed by atoms with E-state index in [1.165, 1.54) is 23.1 Å². The monoisotopic (exact) mass is 414 g/mol. The van der Waals surface area contributed by atoms with Crippen molar-refractivity contribution in [2.75, 3.05) is 18.9 Å². The molecule has 2 amide bonds. The van der Waals surface area contributed by atoms with Crippen molar-refractivity contribution >= 4 is 28.4 Å². The first-order valence-electron chi connectivity index (χ1n) is 9.62. The predicted molar refractivity (Wildman–Crippen MR) is 117 cm³/mol. The molecule has 0 unspecified atom stereocenters. The third kappa shape index (κ3) is 4.56. The molecule has 0 aliphatic rings. The molecule has 0 spiro atoms. The van der Waals surface area contributed by atoms with Crippen LogP contribution in [-0.4, -0.2) is 40.3 Å². The third-order valence-corrected chi connectivity index (χ3v) is 4.76. The molecule has 1 N–H and O–H groups in total. The summed E-state index contributed by atoms with van der Waals surface area (Å²) in [5.74, 6) is -1.19. The smallest absolute Gasteiger partial charge is 0.254 e. The van der Waals surface area contributed by atoms with Crippen molar-refractivity contribution in [1.82, 2.24) is 14.9 Å². The summed E-state index contributed by atoms with van der Waals surface area (Å²) in [7, 11) is 1.55. The quantitative estimate of drug-likeness (QED) is 0.532. The zero-order chi connectivity index (χ0) is 21.8. The minimum atomic E-state index is -0.450. The number of rotatable bonds is 5. The van der Waals surface area contributed by atoms with E-state index in [9.17, 15) is 14.0 Å². The van der Waals surface area contributed by atoms with Gasteiger partial charge in [0, 0.05) is 36.1 Å². The first-order valence-corrected chi connectivity index (χ1v) is 9.62. The Hall–Kier alpha value is -4.13. The molecule has 7 heteroatoms. The van der Waals surface area contributed by atoms with Gasteiger partial charge >= 0.3 is 0 Å². The Morgan fingerprint density at radius 1 is 1.00 bits per heavy atom. The number of fused-ring (bicyclic) bond motifs is 1. The van der Waals surface area contributed by atoms with Gasteiger partial charge in [-0.1, -0.05) is 24.3 Å². The number of pyridine rings is 2. The number of carbonyl (C=O) groups excluding carboxylic acids is 2. The van der Waals surface area contributed by atoms with Gasteiger partial charge in [-0.05, 0) is 42.5 Å². The van der Waals surface area contributed by atoms with Gasteiger partial charge in [-0.3, -0.25) is 14.6 Å². The van der Waals surface area contributed by atoms with E-state index >= 15 is 0 Å². The van der Waals surface area contributed by atoms with E-state index in [-0.39, 0.29) is 12.5 Å². The third-order valence-electron chi connectivity index (χ3n) is 4.76. The van der Waals surface area contributed by atoms with Crippen molar-refractivity contribution in [2.45, 2.75) is 0 Å². The van der Waals surface area contributed by atoms with Gasteiger partial charge in [-0.25, -0.2) is 9.37 Å². The Balaban J connectivity index is 1.61. The Kier molecular flexibility index (Phi) is 5.66. The zero-order valence-electron chi connectivity index (χ0n) is 16.7. The number of nitrogens with one attached hydrogen (secondary N) is 1. The maximum Gasteiger partial charge on any atom is 0.254 e. The van der Waals surface area contributed by atoms with Gasteiger partial charge in [0.05, 0.1) is 23.3 Å². The summed E-state index contributed by atoms with van der Waals surface area (Å²) < 4.78 is 13.3. The molecule has 0 fully saturated rings. The van der Waals surface area contributed by atoms with Gasteiger partial charge < -0.3 is 10.2 Å². The second-order valence-electron chi connectivity index (χ2n) is 7.03. The van der Waals surface area contributed by atoms with Gasteiger partial charge in [0.25, 0.3) is 5.91 Å². The number of aromatic nitrogens is 2. The molecule has 0 aliphatic heterocycles. The average molecular weight is 414 g/mol. The fourth-order valence-corrected chi connectivity index (χ4v) is 3.28. The largest absolute Gasteiger partial charge is 0.332 e. The predicted octanol–water partition coefficient (Wildman–Crippen LogP) is 4.15. The molecular formula is C24H19FN4O2. The fraction of sp³-hybridized carbons (Fsp3) is 0.0833. The lowest BCUT2D eigenvalue weighted by Gasteiger charge is -2.18. The molecule has 0 radical (unpaired) electrons. The number of nitrogens with zero attached hydrogens (tertiary/aromatic N) is 3. The summed E-state index contributed by atoms with van der Waals surface area (Å²) in [6.07, 6.45) is 3.33. The molecule has 0 saturated heterocycles. The molecule has 2 heterocycles. The van der Waals surface area contributed by atoms with Gasteiger partial charge in [-0.2, -0.15) is 0 Å². The highest BCUT2D eigenvalue weighted by molar-refractivity contribution is 6.08. The first kappa shape index (κ1) is 20.2. The summed E-state index contributed by atoms with van der Waals surface area (Å²) in [4.78, 5) is 35.6. The van der Waals surface area contributed by atoms with Crippen LogP contribution in [0.25, 0.3) is 22.2 Å². The van der Waals surface area contributed by atoms with E-state index in [1.807, 2.05) is 36.4 Å². The maximum atomic E-state index is 13.3. The van der Waals surface area contributed by atoms with Crippen molar-refractivity contribution in [3.8, 4) is 11.3 Å². The highest BCUT2D eigenvalue weighted by atomic mass is 19.1. The lowest BCUT2D eigenvalue weighted by molar-refractivity contribution is -0.116. The zero-order valence-corrected chi connectivity index (χ0v) is 16.7. The van der Waals surface area contributed by atoms with Crippen LogP contribution in [0, 0.1) is 5.82 Å². The normalized spacial score (nSPS) is 10.6. The molecule has 0 bridgehead atoms. The number of benzene rings is 2. The second-order valence-corrected chi connectivity index (χ2v) is 7.03. The van der Waals surface area contributed by atoms with Gasteiger partial charge in [-0.15, -0.1) is 0 Å². The van der Waals surface area contributed by atoms with Gasteiger partial charge in [0.15, 0.2) is 0 Å². The highest BCUT2D eigenvalue weighted by Gasteiger charge is 2.19. The van der Waals surface area contributed by atoms with E-state index in [1.54, 1.807) is 31.6 Å². The summed E-state index contributed by atoms with van der Waals surface area (Å²) in [6, 6.07) is 18.3. The molecule has 154 valence electrons. The molecule has 4 rings (SSSR count). The van der Waals surface area contributed by atoms with Crippen LogP contribution in [0.15, 0.2) is 79.1 Å². The summed E-state index contributed by atoms with van der Waals surface area (Å²) >= 11 is 0. The van der Waals surface area contributed by atoms with Crippen LogP contribution in [0.5, 0.6) is 0 Å². The van der Waals surface area contributed by atoms with Gasteiger partial charge in [0.2, 0.25) is 5.91 Å². The molecule has 0 atom stereocenters. The lowest BCUT2D eigenvalue weighted by atomic mass is 10.0. The molecular weight excluding hydrogens is 395 g/mol. The summed E-state index contributed by atoms with van der Waals surface area (Å²) in [6.45, 7) is -0.184. The molecule has 0 aliphatic carbocycles. The van der Waals surface area contributed by atoms with Gasteiger partial charge in [0.1, 0.15) is 5.82 Å². The molecule has 0 saturated carbocycles. The molecule has 2 aromatic heterocycles. The topological polar surface area (TPSA) is 75.2 Å². The van der Waals surface area contributed by atoms with Crippen LogP contribution in [0.4, 0.5) is 10.1 Å². The number of carbonyl (C=O) groups is 2. The number of hydrogen-bond acceptors (Lipinski definition) is 4. The van der Waals surface area contributed by atoms with Crippen LogP contribution in [-0.2, 0) is 4.79 Å². The molecule has 4 aromatic rings. The average Bonchev–Trinajstić information content (AvgIpc) is 2.78. The number of likely N-dealkylation sites (N-methyl/N-ethyl adjacent to an activating group) is 1. The van der Waals surface area contributed by atoms with E-state index in [0.29, 0.717) is 27.8 Å². The van der Waals surface area contributed by atoms with E-state index in [2.05, 4.69) is 15.3 Å². The van der Waals surface area contributed by atoms with E-state index in [0.717, 1.165) is 5.56 Å². The number of amides is 2. The van der Waals surface area contributed by atoms with Crippen molar-refractivity contribution in [3.63, 3.8) is 0 Å². The molecule has 2 aromatic carbocycles. The van der Waals surface area contributed by atoms with Crippen molar-refractivity contribution < 1.29 is 14.0 Å². The Bertz CT molecular complexity index is 1260. The fourth-order valence-electron chi connectivity index (χ4n) is 3.28. The molecule has 31 heavy (non-hydrogen) atoms. The van der Waals surface area contributed by atoms with Crippen molar-refractivity contribution in [1.29, 1.82) is 0 Å². The standard InChI is InChI=1S/C24H19FN4O2/c1-29(15-23(30)27-18-6-4-5-17(25)13-18)24(31)20-14-22(16-9-11-26-12-10-16)28-21-8-3-2-7-19(20)21/h2-14H,15H2,1H3,(H,27,30). The van der Waals surface area contributed by atoms with Crippen molar-refractivity contribution in [3.05, 3.63) is 90.5 Å². The van der Waals surface area contributed by atoms with E-state index < -0.39 is 11.7 Å². The Morgan fingerprint density at radius 3 is 2.55 bits per heavy atom. The van der Waals surface area contributed by atoms with Crippen LogP contribution in [0.2, 0.25) is 0 Å². The second kappa shape index (κ2) is 8.71. The molecule has 6 nitrogen and oxygen atoms in total. The van der Waals surface area contributed by atoms with Crippen LogP contribution >= 0.6 is 0 Å². The minimum absolute atomic E-state index is 0.184. The first-order chi connectivity index (χ1) is 15.0. The number of halogens is 1. The SMILES string of the molecule is CN(CC(=O)Nc1cccc(F)c1)C(=O)c1cc(-c2ccncc2)nc2ccccc12. The van der Waals surface area contributed by atoms with Crippen LogP contribution < -0.4 is 5.32 Å². The Labute approximate surface area is 178 Å². The lowest BCUT2D eigenvalue weighted by Crippen LogP contribution is -2.35.